The number of fused-ring (bicyclic) bond motifs is 1. The summed E-state index contributed by atoms with van der Waals surface area (Å²) in [6.45, 7) is 1.81. The van der Waals surface area contributed by atoms with Gasteiger partial charge in [0.1, 0.15) is 6.33 Å². The number of amides is 1. The molecule has 0 bridgehead atoms. The molecular formula is C20H16F3N5O. The molecule has 2 aromatic carbocycles. The molecule has 0 atom stereocenters. The highest BCUT2D eigenvalue weighted by atomic mass is 19.4. The maximum atomic E-state index is 13.4. The number of nitrogens with zero attached hydrogens (tertiary/aromatic N) is 3. The third-order valence-corrected chi connectivity index (χ3v) is 4.65. The van der Waals surface area contributed by atoms with Crippen LogP contribution in [0.5, 0.6) is 0 Å². The van der Waals surface area contributed by atoms with Crippen molar-refractivity contribution in [2.75, 3.05) is 5.32 Å². The van der Waals surface area contributed by atoms with Crippen LogP contribution in [0, 0.1) is 6.92 Å². The molecule has 4 rings (SSSR count). The number of aryl methyl sites for hydroxylation is 2. The molecule has 148 valence electrons. The zero-order valence-electron chi connectivity index (χ0n) is 15.5. The van der Waals surface area contributed by atoms with Crippen molar-refractivity contribution in [2.45, 2.75) is 13.1 Å². The summed E-state index contributed by atoms with van der Waals surface area (Å²) in [4.78, 5) is 19.3. The molecule has 0 radical (unpaired) electrons. The lowest BCUT2D eigenvalue weighted by Crippen LogP contribution is -2.17. The van der Waals surface area contributed by atoms with Gasteiger partial charge in [-0.25, -0.2) is 9.67 Å². The molecule has 6 nitrogen and oxygen atoms in total. The van der Waals surface area contributed by atoms with Crippen molar-refractivity contribution in [3.8, 4) is 11.3 Å². The highest BCUT2D eigenvalue weighted by molar-refractivity contribution is 6.03. The summed E-state index contributed by atoms with van der Waals surface area (Å²) in [5.74, 6) is -0.280. The molecule has 0 saturated heterocycles. The van der Waals surface area contributed by atoms with Crippen LogP contribution in [0.25, 0.3) is 22.2 Å². The Hall–Kier alpha value is -3.62. The Morgan fingerprint density at radius 1 is 1.17 bits per heavy atom. The zero-order valence-corrected chi connectivity index (χ0v) is 15.5. The fourth-order valence-electron chi connectivity index (χ4n) is 3.22. The van der Waals surface area contributed by atoms with Crippen molar-refractivity contribution in [3.05, 3.63) is 65.7 Å². The molecule has 0 aliphatic rings. The number of nitrogens with one attached hydrogen (secondary N) is 2. The number of halogens is 3. The third kappa shape index (κ3) is 3.46. The van der Waals surface area contributed by atoms with Crippen LogP contribution in [0.1, 0.15) is 21.7 Å². The molecule has 2 N–H and O–H groups in total. The maximum Gasteiger partial charge on any atom is 0.417 e. The number of carbonyl (C=O) groups is 1. The van der Waals surface area contributed by atoms with Crippen molar-refractivity contribution < 1.29 is 18.0 Å². The SMILES string of the molecule is Cc1cc2cc(-c3ccccc3C(F)(F)F)[nH]c2cc1NC(=O)c1ncnn1C. The number of alkyl halides is 3. The average Bonchev–Trinajstić information content (AvgIpc) is 3.27. The first-order valence-electron chi connectivity index (χ1n) is 8.69. The largest absolute Gasteiger partial charge is 0.417 e. The highest BCUT2D eigenvalue weighted by Gasteiger charge is 2.33. The normalized spacial score (nSPS) is 11.8. The van der Waals surface area contributed by atoms with Gasteiger partial charge < -0.3 is 10.3 Å². The van der Waals surface area contributed by atoms with E-state index < -0.39 is 17.6 Å². The first-order valence-corrected chi connectivity index (χ1v) is 8.69. The lowest BCUT2D eigenvalue weighted by Gasteiger charge is -2.11. The lowest BCUT2D eigenvalue weighted by molar-refractivity contribution is -0.137. The smallest absolute Gasteiger partial charge is 0.354 e. The Bertz CT molecular complexity index is 1220. The van der Waals surface area contributed by atoms with Crippen molar-refractivity contribution in [1.82, 2.24) is 19.7 Å². The number of aromatic nitrogens is 4. The molecule has 29 heavy (non-hydrogen) atoms. The minimum atomic E-state index is -4.46. The van der Waals surface area contributed by atoms with Gasteiger partial charge in [0, 0.05) is 34.9 Å². The van der Waals surface area contributed by atoms with Crippen LogP contribution in [0.3, 0.4) is 0 Å². The van der Waals surface area contributed by atoms with E-state index in [1.807, 2.05) is 6.92 Å². The van der Waals surface area contributed by atoms with Crippen molar-refractivity contribution >= 4 is 22.5 Å². The maximum absolute atomic E-state index is 13.4. The summed E-state index contributed by atoms with van der Waals surface area (Å²) < 4.78 is 41.4. The molecule has 0 fully saturated rings. The van der Waals surface area contributed by atoms with E-state index in [1.54, 1.807) is 31.3 Å². The van der Waals surface area contributed by atoms with Gasteiger partial charge in [-0.2, -0.15) is 18.3 Å². The van der Waals surface area contributed by atoms with E-state index in [0.717, 1.165) is 17.0 Å². The van der Waals surface area contributed by atoms with Crippen molar-refractivity contribution in [1.29, 1.82) is 0 Å². The zero-order chi connectivity index (χ0) is 20.8. The lowest BCUT2D eigenvalue weighted by atomic mass is 10.0. The van der Waals surface area contributed by atoms with Crippen LogP contribution in [0.2, 0.25) is 0 Å². The van der Waals surface area contributed by atoms with Gasteiger partial charge in [0.05, 0.1) is 5.56 Å². The Morgan fingerprint density at radius 2 is 1.93 bits per heavy atom. The minimum Gasteiger partial charge on any atom is -0.354 e. The van der Waals surface area contributed by atoms with E-state index in [-0.39, 0.29) is 11.4 Å². The molecule has 9 heteroatoms. The number of H-pyrrole nitrogens is 1. The van der Waals surface area contributed by atoms with Gasteiger partial charge in [0.2, 0.25) is 5.82 Å². The first-order chi connectivity index (χ1) is 13.7. The van der Waals surface area contributed by atoms with E-state index in [0.29, 0.717) is 16.9 Å². The van der Waals surface area contributed by atoms with Crippen LogP contribution in [-0.2, 0) is 13.2 Å². The van der Waals surface area contributed by atoms with Crippen LogP contribution >= 0.6 is 0 Å². The fraction of sp³-hybridized carbons (Fsp3) is 0.150. The van der Waals surface area contributed by atoms with Gasteiger partial charge in [-0.3, -0.25) is 4.79 Å². The predicted octanol–water partition coefficient (Wildman–Crippen LogP) is 4.54. The Morgan fingerprint density at radius 3 is 2.62 bits per heavy atom. The van der Waals surface area contributed by atoms with Crippen LogP contribution in [0.4, 0.5) is 18.9 Å². The summed E-state index contributed by atoms with van der Waals surface area (Å²) in [6.07, 6.45) is -3.18. The van der Waals surface area contributed by atoms with Gasteiger partial charge in [-0.1, -0.05) is 18.2 Å². The van der Waals surface area contributed by atoms with Gasteiger partial charge in [-0.05, 0) is 36.8 Å². The third-order valence-electron chi connectivity index (χ3n) is 4.65. The van der Waals surface area contributed by atoms with E-state index in [2.05, 4.69) is 20.4 Å². The number of rotatable bonds is 3. The van der Waals surface area contributed by atoms with E-state index in [1.165, 1.54) is 23.1 Å². The fourth-order valence-corrected chi connectivity index (χ4v) is 3.22. The monoisotopic (exact) mass is 399 g/mol. The topological polar surface area (TPSA) is 75.6 Å². The number of carbonyl (C=O) groups excluding carboxylic acids is 1. The Kier molecular flexibility index (Phi) is 4.37. The standard InChI is InChI=1S/C20H16F3N5O/c1-11-7-12-8-17(13-5-3-4-6-14(13)20(21,22)23)26-16(12)9-15(11)27-19(29)18-24-10-25-28(18)2/h3-10,26H,1-2H3,(H,27,29). The summed E-state index contributed by atoms with van der Waals surface area (Å²) >= 11 is 0. The first kappa shape index (κ1) is 18.7. The highest BCUT2D eigenvalue weighted by Crippen LogP contribution is 2.38. The second-order valence-corrected chi connectivity index (χ2v) is 6.64. The predicted molar refractivity (Wildman–Crippen MR) is 102 cm³/mol. The molecule has 4 aromatic rings. The number of benzene rings is 2. The van der Waals surface area contributed by atoms with E-state index in [9.17, 15) is 18.0 Å². The van der Waals surface area contributed by atoms with Gasteiger partial charge >= 0.3 is 6.18 Å². The molecule has 0 spiro atoms. The molecule has 2 heterocycles. The molecule has 0 aliphatic heterocycles. The average molecular weight is 399 g/mol. The number of anilines is 1. The summed E-state index contributed by atoms with van der Waals surface area (Å²) in [5.41, 5.74) is 1.61. The number of hydrogen-bond donors (Lipinski definition) is 2. The molecule has 0 saturated carbocycles. The molecular weight excluding hydrogens is 383 g/mol. The van der Waals surface area contributed by atoms with Gasteiger partial charge in [-0.15, -0.1) is 0 Å². The van der Waals surface area contributed by atoms with E-state index >= 15 is 0 Å². The van der Waals surface area contributed by atoms with E-state index in [4.69, 9.17) is 0 Å². The van der Waals surface area contributed by atoms with Crippen LogP contribution in [0.15, 0.2) is 48.8 Å². The summed E-state index contributed by atoms with van der Waals surface area (Å²) in [6, 6.07) is 10.6. The van der Waals surface area contributed by atoms with Crippen molar-refractivity contribution in [2.24, 2.45) is 7.05 Å². The minimum absolute atomic E-state index is 0.0681. The summed E-state index contributed by atoms with van der Waals surface area (Å²) in [5, 5.41) is 7.37. The van der Waals surface area contributed by atoms with Gasteiger partial charge in [0.15, 0.2) is 0 Å². The number of hydrogen-bond acceptors (Lipinski definition) is 3. The Balaban J connectivity index is 1.73. The summed E-state index contributed by atoms with van der Waals surface area (Å²) in [7, 11) is 1.60. The molecule has 1 amide bonds. The van der Waals surface area contributed by atoms with Gasteiger partial charge in [0.25, 0.3) is 5.91 Å². The second kappa shape index (κ2) is 6.77. The molecule has 0 aliphatic carbocycles. The van der Waals surface area contributed by atoms with Crippen LogP contribution < -0.4 is 5.32 Å². The second-order valence-electron chi connectivity index (χ2n) is 6.64. The Labute approximate surface area is 163 Å². The van der Waals surface area contributed by atoms with Crippen molar-refractivity contribution in [3.63, 3.8) is 0 Å². The molecule has 0 unspecified atom stereocenters. The quantitative estimate of drug-likeness (QED) is 0.531. The number of aromatic amines is 1. The van der Waals surface area contributed by atoms with Crippen LogP contribution in [-0.4, -0.2) is 25.7 Å². The molecule has 2 aromatic heterocycles.